The molecule has 0 bridgehead atoms. The van der Waals surface area contributed by atoms with Crippen molar-refractivity contribution in [2.24, 2.45) is 0 Å². The van der Waals surface area contributed by atoms with Crippen LogP contribution in [0.4, 0.5) is 0 Å². The monoisotopic (exact) mass is 218 g/mol. The van der Waals surface area contributed by atoms with Gasteiger partial charge in [-0.3, -0.25) is 4.90 Å². The number of nitrogens with zero attached hydrogens (tertiary/aromatic N) is 2. The first-order chi connectivity index (χ1) is 7.72. The summed E-state index contributed by atoms with van der Waals surface area (Å²) in [6.45, 7) is 1.15. The number of benzene rings is 1. The summed E-state index contributed by atoms with van der Waals surface area (Å²) >= 11 is 0. The Balaban J connectivity index is 2.33. The molecule has 1 aromatic carbocycles. The molecule has 0 fully saturated rings. The molecule has 4 nitrogen and oxygen atoms in total. The lowest BCUT2D eigenvalue weighted by Gasteiger charge is -2.22. The Hall–Kier alpha value is -1.73. The van der Waals surface area contributed by atoms with E-state index in [1.165, 1.54) is 0 Å². The number of rotatable bonds is 2. The van der Waals surface area contributed by atoms with Gasteiger partial charge in [-0.15, -0.1) is 0 Å². The quantitative estimate of drug-likeness (QED) is 0.756. The molecule has 0 aromatic heterocycles. The average Bonchev–Trinajstić information content (AvgIpc) is 2.29. The number of hydrogen-bond donors (Lipinski definition) is 0. The van der Waals surface area contributed by atoms with E-state index in [2.05, 4.69) is 6.07 Å². The Kier molecular flexibility index (Phi) is 2.97. The second-order valence-corrected chi connectivity index (χ2v) is 3.90. The average molecular weight is 218 g/mol. The molecule has 1 aromatic rings. The van der Waals surface area contributed by atoms with Gasteiger partial charge in [0.1, 0.15) is 19.3 Å². The Morgan fingerprint density at radius 3 is 2.56 bits per heavy atom. The summed E-state index contributed by atoms with van der Waals surface area (Å²) in [5, 5.41) is 9.09. The molecule has 4 heteroatoms. The zero-order valence-corrected chi connectivity index (χ0v) is 9.43. The molecule has 1 unspecified atom stereocenters. The lowest BCUT2D eigenvalue weighted by Crippen LogP contribution is -2.19. The van der Waals surface area contributed by atoms with Crippen molar-refractivity contribution in [1.82, 2.24) is 4.90 Å². The van der Waals surface area contributed by atoms with Gasteiger partial charge in [0, 0.05) is 0 Å². The van der Waals surface area contributed by atoms with Crippen LogP contribution in [0.5, 0.6) is 11.5 Å². The van der Waals surface area contributed by atoms with Gasteiger partial charge in [0.25, 0.3) is 0 Å². The van der Waals surface area contributed by atoms with E-state index in [4.69, 9.17) is 14.7 Å². The van der Waals surface area contributed by atoms with Crippen LogP contribution in [-0.4, -0.2) is 32.2 Å². The molecular formula is C12H14N2O2. The topological polar surface area (TPSA) is 45.5 Å². The third-order valence-corrected chi connectivity index (χ3v) is 2.52. The second-order valence-electron chi connectivity index (χ2n) is 3.90. The molecule has 1 heterocycles. The summed E-state index contributed by atoms with van der Waals surface area (Å²) in [5.74, 6) is 1.48. The van der Waals surface area contributed by atoms with Crippen molar-refractivity contribution in [1.29, 1.82) is 5.26 Å². The van der Waals surface area contributed by atoms with Crippen LogP contribution < -0.4 is 9.47 Å². The van der Waals surface area contributed by atoms with E-state index in [9.17, 15) is 0 Å². The zero-order valence-electron chi connectivity index (χ0n) is 9.43. The molecule has 0 radical (unpaired) electrons. The third-order valence-electron chi connectivity index (χ3n) is 2.52. The fraction of sp³-hybridized carbons (Fsp3) is 0.417. The zero-order chi connectivity index (χ0) is 11.5. The highest BCUT2D eigenvalue weighted by atomic mass is 16.6. The summed E-state index contributed by atoms with van der Waals surface area (Å²) in [5.41, 5.74) is 0.928. The first-order valence-electron chi connectivity index (χ1n) is 5.18. The molecule has 0 spiro atoms. The minimum atomic E-state index is -0.254. The van der Waals surface area contributed by atoms with Gasteiger partial charge in [-0.25, -0.2) is 0 Å². The van der Waals surface area contributed by atoms with Crippen molar-refractivity contribution in [2.75, 3.05) is 27.3 Å². The molecule has 0 N–H and O–H groups in total. The molecule has 0 saturated heterocycles. The molecule has 2 rings (SSSR count). The lowest BCUT2D eigenvalue weighted by molar-refractivity contribution is 0.171. The molecule has 16 heavy (non-hydrogen) atoms. The predicted molar refractivity (Wildman–Crippen MR) is 59.5 cm³/mol. The minimum Gasteiger partial charge on any atom is -0.486 e. The molecule has 1 aliphatic rings. The standard InChI is InChI=1S/C12H14N2O2/c1-14(2)10(8-13)9-3-4-11-12(7-9)16-6-5-15-11/h3-4,7,10H,5-6H2,1-2H3. The van der Waals surface area contributed by atoms with E-state index in [-0.39, 0.29) is 6.04 Å². The van der Waals surface area contributed by atoms with E-state index < -0.39 is 0 Å². The van der Waals surface area contributed by atoms with Crippen molar-refractivity contribution in [2.45, 2.75) is 6.04 Å². The van der Waals surface area contributed by atoms with Gasteiger partial charge < -0.3 is 9.47 Å². The largest absolute Gasteiger partial charge is 0.486 e. The van der Waals surface area contributed by atoms with Crippen LogP contribution in [0.25, 0.3) is 0 Å². The Labute approximate surface area is 95.0 Å². The first-order valence-corrected chi connectivity index (χ1v) is 5.18. The van der Waals surface area contributed by atoms with Gasteiger partial charge in [-0.1, -0.05) is 6.07 Å². The summed E-state index contributed by atoms with van der Waals surface area (Å²) in [6.07, 6.45) is 0. The van der Waals surface area contributed by atoms with Crippen LogP contribution in [0.1, 0.15) is 11.6 Å². The van der Waals surface area contributed by atoms with Crippen LogP contribution in [-0.2, 0) is 0 Å². The SMILES string of the molecule is CN(C)C(C#N)c1ccc2c(c1)OCCO2. The van der Waals surface area contributed by atoms with Crippen LogP contribution >= 0.6 is 0 Å². The first kappa shape index (κ1) is 10.8. The highest BCUT2D eigenvalue weighted by Gasteiger charge is 2.17. The number of fused-ring (bicyclic) bond motifs is 1. The number of ether oxygens (including phenoxy) is 2. The molecule has 1 aliphatic heterocycles. The van der Waals surface area contributed by atoms with Crippen LogP contribution in [0.15, 0.2) is 18.2 Å². The van der Waals surface area contributed by atoms with Gasteiger partial charge >= 0.3 is 0 Å². The van der Waals surface area contributed by atoms with E-state index in [0.29, 0.717) is 13.2 Å². The van der Waals surface area contributed by atoms with E-state index in [1.54, 1.807) is 0 Å². The van der Waals surface area contributed by atoms with Gasteiger partial charge in [0.2, 0.25) is 0 Å². The second kappa shape index (κ2) is 4.42. The summed E-state index contributed by atoms with van der Waals surface area (Å²) in [7, 11) is 3.76. The molecule has 84 valence electrons. The predicted octanol–water partition coefficient (Wildman–Crippen LogP) is 1.58. The molecule has 1 atom stereocenters. The third kappa shape index (κ3) is 1.95. The van der Waals surface area contributed by atoms with Crippen molar-refractivity contribution in [3.05, 3.63) is 23.8 Å². The highest BCUT2D eigenvalue weighted by molar-refractivity contribution is 5.45. The van der Waals surface area contributed by atoms with Crippen molar-refractivity contribution in [3.8, 4) is 17.6 Å². The lowest BCUT2D eigenvalue weighted by atomic mass is 10.1. The van der Waals surface area contributed by atoms with Crippen LogP contribution in [0, 0.1) is 11.3 Å². The maximum Gasteiger partial charge on any atom is 0.161 e. The Bertz CT molecular complexity index is 424. The molecule has 0 amide bonds. The molecule has 0 saturated carbocycles. The highest BCUT2D eigenvalue weighted by Crippen LogP contribution is 2.33. The molecule has 0 aliphatic carbocycles. The minimum absolute atomic E-state index is 0.254. The van der Waals surface area contributed by atoms with Gasteiger partial charge in [0.05, 0.1) is 6.07 Å². The Morgan fingerprint density at radius 1 is 1.25 bits per heavy atom. The van der Waals surface area contributed by atoms with E-state index in [0.717, 1.165) is 17.1 Å². The fourth-order valence-electron chi connectivity index (χ4n) is 1.72. The fourth-order valence-corrected chi connectivity index (χ4v) is 1.72. The number of hydrogen-bond acceptors (Lipinski definition) is 4. The summed E-state index contributed by atoms with van der Waals surface area (Å²) < 4.78 is 10.9. The van der Waals surface area contributed by atoms with Crippen molar-refractivity contribution >= 4 is 0 Å². The maximum absolute atomic E-state index is 9.09. The number of nitriles is 1. The van der Waals surface area contributed by atoms with Gasteiger partial charge in [-0.2, -0.15) is 5.26 Å². The van der Waals surface area contributed by atoms with E-state index in [1.807, 2.05) is 37.2 Å². The normalized spacial score (nSPS) is 15.6. The smallest absolute Gasteiger partial charge is 0.161 e. The van der Waals surface area contributed by atoms with Gasteiger partial charge in [-0.05, 0) is 31.8 Å². The van der Waals surface area contributed by atoms with Crippen molar-refractivity contribution in [3.63, 3.8) is 0 Å². The maximum atomic E-state index is 9.09. The molecular weight excluding hydrogens is 204 g/mol. The van der Waals surface area contributed by atoms with Crippen LogP contribution in [0.3, 0.4) is 0 Å². The van der Waals surface area contributed by atoms with Crippen molar-refractivity contribution < 1.29 is 9.47 Å². The van der Waals surface area contributed by atoms with E-state index >= 15 is 0 Å². The van der Waals surface area contributed by atoms with Gasteiger partial charge in [0.15, 0.2) is 11.5 Å². The Morgan fingerprint density at radius 2 is 1.94 bits per heavy atom. The van der Waals surface area contributed by atoms with Crippen LogP contribution in [0.2, 0.25) is 0 Å². The summed E-state index contributed by atoms with van der Waals surface area (Å²) in [6, 6.07) is 7.64. The summed E-state index contributed by atoms with van der Waals surface area (Å²) in [4.78, 5) is 1.87.